The van der Waals surface area contributed by atoms with Crippen molar-refractivity contribution in [2.45, 2.75) is 12.8 Å². The van der Waals surface area contributed by atoms with Gasteiger partial charge in [0.1, 0.15) is 0 Å². The molecule has 2 heterocycles. The molecule has 0 fully saturated rings. The smallest absolute Gasteiger partial charge is 0.0988 e. The quantitative estimate of drug-likeness (QED) is 0.211. The molecule has 2 aromatic heterocycles. The molecule has 1 aliphatic carbocycles. The average Bonchev–Trinajstić information content (AvgIpc) is 3.60. The summed E-state index contributed by atoms with van der Waals surface area (Å²) in [4.78, 5) is 0. The lowest BCUT2D eigenvalue weighted by Gasteiger charge is -2.15. The highest BCUT2D eigenvalue weighted by atomic mass is 15.0. The Morgan fingerprint density at radius 3 is 1.82 bits per heavy atom. The first-order valence-corrected chi connectivity index (χ1v) is 15.1. The van der Waals surface area contributed by atoms with Crippen LogP contribution >= 0.6 is 0 Å². The Morgan fingerprint density at radius 2 is 1.11 bits per heavy atom. The van der Waals surface area contributed by atoms with Crippen LogP contribution in [0.4, 0.5) is 0 Å². The third-order valence-corrected chi connectivity index (χ3v) is 9.17. The van der Waals surface area contributed by atoms with Crippen molar-refractivity contribution >= 4 is 60.1 Å². The molecule has 0 unspecified atom stereocenters. The Bertz CT molecular complexity index is 2560. The minimum atomic E-state index is 0.741. The van der Waals surface area contributed by atoms with E-state index < -0.39 is 0 Å². The highest BCUT2D eigenvalue weighted by molar-refractivity contribution is 6.13. The molecule has 0 saturated heterocycles. The van der Waals surface area contributed by atoms with Gasteiger partial charge in [-0.15, -0.1) is 0 Å². The molecular weight excluding hydrogens is 534 g/mol. The lowest BCUT2D eigenvalue weighted by molar-refractivity contribution is 0.972. The van der Waals surface area contributed by atoms with Crippen molar-refractivity contribution in [3.05, 3.63) is 145 Å². The Morgan fingerprint density at radius 1 is 0.523 bits per heavy atom. The zero-order valence-electron chi connectivity index (χ0n) is 24.0. The molecule has 0 N–H and O–H groups in total. The molecule has 0 atom stereocenters. The second-order valence-electron chi connectivity index (χ2n) is 11.6. The third kappa shape index (κ3) is 3.68. The molecule has 44 heavy (non-hydrogen) atoms. The number of rotatable bonds is 3. The fraction of sp³-hybridized carbons (Fsp3) is 0.0488. The summed E-state index contributed by atoms with van der Waals surface area (Å²) in [7, 11) is 0. The van der Waals surface area contributed by atoms with Crippen LogP contribution in [0, 0.1) is 11.3 Å². The fourth-order valence-corrected chi connectivity index (χ4v) is 7.15. The standard InChI is InChI=1S/C41H27N3/c42-26-27-8-7-11-32(22-27)43-38-14-5-3-12-34(38)36-24-30(17-20-40(36)43)31-18-21-41-37(25-31)35-13-4-6-15-39(35)44(41)33-19-16-28-9-1-2-10-29(28)23-33/h1-6,8-10,12-25H,7,11H2. The molecule has 9 rings (SSSR count). The molecule has 6 aromatic carbocycles. The number of hydrogen-bond donors (Lipinski definition) is 0. The van der Waals surface area contributed by atoms with E-state index in [1.807, 2.05) is 12.2 Å². The fourth-order valence-electron chi connectivity index (χ4n) is 7.15. The number of nitriles is 1. The number of para-hydroxylation sites is 2. The molecule has 3 heteroatoms. The van der Waals surface area contributed by atoms with Gasteiger partial charge in [0, 0.05) is 38.5 Å². The van der Waals surface area contributed by atoms with E-state index in [0.29, 0.717) is 0 Å². The van der Waals surface area contributed by atoms with Crippen LogP contribution in [-0.4, -0.2) is 9.13 Å². The zero-order valence-corrected chi connectivity index (χ0v) is 24.0. The normalized spacial score (nSPS) is 13.5. The predicted octanol–water partition coefficient (Wildman–Crippen LogP) is 10.8. The molecule has 1 aliphatic rings. The van der Waals surface area contributed by atoms with Crippen molar-refractivity contribution in [1.82, 2.24) is 9.13 Å². The summed E-state index contributed by atoms with van der Waals surface area (Å²) >= 11 is 0. The van der Waals surface area contributed by atoms with Gasteiger partial charge in [-0.2, -0.15) is 5.26 Å². The predicted molar refractivity (Wildman–Crippen MR) is 184 cm³/mol. The molecule has 206 valence electrons. The molecular formula is C41H27N3. The summed E-state index contributed by atoms with van der Waals surface area (Å²) in [5.74, 6) is 0. The van der Waals surface area contributed by atoms with E-state index in [1.165, 1.54) is 76.9 Å². The van der Waals surface area contributed by atoms with Gasteiger partial charge < -0.3 is 9.13 Å². The van der Waals surface area contributed by atoms with Crippen molar-refractivity contribution in [1.29, 1.82) is 5.26 Å². The van der Waals surface area contributed by atoms with Gasteiger partial charge in [0.2, 0.25) is 0 Å². The van der Waals surface area contributed by atoms with Crippen molar-refractivity contribution in [2.75, 3.05) is 0 Å². The van der Waals surface area contributed by atoms with Crippen LogP contribution < -0.4 is 0 Å². The summed E-state index contributed by atoms with van der Waals surface area (Å²) in [6.45, 7) is 0. The monoisotopic (exact) mass is 561 g/mol. The molecule has 0 radical (unpaired) electrons. The van der Waals surface area contributed by atoms with Crippen LogP contribution in [0.2, 0.25) is 0 Å². The minimum absolute atomic E-state index is 0.741. The number of allylic oxidation sites excluding steroid dienone is 4. The van der Waals surface area contributed by atoms with E-state index >= 15 is 0 Å². The van der Waals surface area contributed by atoms with Crippen LogP contribution in [0.15, 0.2) is 145 Å². The van der Waals surface area contributed by atoms with Gasteiger partial charge in [-0.25, -0.2) is 0 Å². The molecule has 0 bridgehead atoms. The Labute approximate surface area is 254 Å². The van der Waals surface area contributed by atoms with Crippen LogP contribution in [0.1, 0.15) is 12.8 Å². The maximum Gasteiger partial charge on any atom is 0.0988 e. The molecule has 3 nitrogen and oxygen atoms in total. The maximum atomic E-state index is 9.57. The average molecular weight is 562 g/mol. The van der Waals surface area contributed by atoms with E-state index in [4.69, 9.17) is 0 Å². The van der Waals surface area contributed by atoms with Crippen LogP contribution in [0.25, 0.3) is 76.9 Å². The highest BCUT2D eigenvalue weighted by Gasteiger charge is 2.18. The van der Waals surface area contributed by atoms with Crippen molar-refractivity contribution in [2.24, 2.45) is 0 Å². The van der Waals surface area contributed by atoms with Gasteiger partial charge in [0.25, 0.3) is 0 Å². The van der Waals surface area contributed by atoms with Crippen LogP contribution in [0.5, 0.6) is 0 Å². The van der Waals surface area contributed by atoms with Gasteiger partial charge in [-0.1, -0.05) is 84.9 Å². The van der Waals surface area contributed by atoms with E-state index in [-0.39, 0.29) is 0 Å². The SMILES string of the molecule is N#CC1=CCCC(n2c3ccccc3c3cc(-c4ccc5c(c4)c4ccccc4n5-c4ccc5ccccc5c4)ccc32)=C1. The first-order valence-electron chi connectivity index (χ1n) is 15.1. The highest BCUT2D eigenvalue weighted by Crippen LogP contribution is 2.39. The summed E-state index contributed by atoms with van der Waals surface area (Å²) in [5.41, 5.74) is 10.2. The van der Waals surface area contributed by atoms with Crippen molar-refractivity contribution < 1.29 is 0 Å². The van der Waals surface area contributed by atoms with E-state index in [0.717, 1.165) is 18.4 Å². The van der Waals surface area contributed by atoms with Gasteiger partial charge in [0.05, 0.1) is 28.1 Å². The Hall–Kier alpha value is -5.85. The van der Waals surface area contributed by atoms with Crippen molar-refractivity contribution in [3.63, 3.8) is 0 Å². The second-order valence-corrected chi connectivity index (χ2v) is 11.6. The third-order valence-electron chi connectivity index (χ3n) is 9.17. The Balaban J connectivity index is 1.23. The van der Waals surface area contributed by atoms with E-state index in [1.54, 1.807) is 0 Å². The number of nitrogens with zero attached hydrogens (tertiary/aromatic N) is 3. The summed E-state index contributed by atoms with van der Waals surface area (Å²) in [6.07, 6.45) is 5.87. The summed E-state index contributed by atoms with van der Waals surface area (Å²) < 4.78 is 4.73. The van der Waals surface area contributed by atoms with Gasteiger partial charge in [0.15, 0.2) is 0 Å². The minimum Gasteiger partial charge on any atom is -0.313 e. The first kappa shape index (κ1) is 24.7. The number of hydrogen-bond acceptors (Lipinski definition) is 1. The topological polar surface area (TPSA) is 33.6 Å². The summed E-state index contributed by atoms with van der Waals surface area (Å²) in [6, 6.07) is 48.6. The largest absolute Gasteiger partial charge is 0.313 e. The first-order chi connectivity index (χ1) is 21.8. The molecule has 0 spiro atoms. The van der Waals surface area contributed by atoms with Crippen molar-refractivity contribution in [3.8, 4) is 22.9 Å². The van der Waals surface area contributed by atoms with E-state index in [9.17, 15) is 5.26 Å². The summed E-state index contributed by atoms with van der Waals surface area (Å²) in [5, 5.41) is 17.0. The lowest BCUT2D eigenvalue weighted by atomic mass is 10.0. The maximum absolute atomic E-state index is 9.57. The van der Waals surface area contributed by atoms with Gasteiger partial charge >= 0.3 is 0 Å². The molecule has 0 saturated carbocycles. The van der Waals surface area contributed by atoms with E-state index in [2.05, 4.69) is 143 Å². The number of aromatic nitrogens is 2. The second kappa shape index (κ2) is 9.59. The number of fused-ring (bicyclic) bond motifs is 7. The van der Waals surface area contributed by atoms with Gasteiger partial charge in [-0.3, -0.25) is 0 Å². The lowest BCUT2D eigenvalue weighted by Crippen LogP contribution is -2.00. The van der Waals surface area contributed by atoms with Crippen LogP contribution in [-0.2, 0) is 0 Å². The zero-order chi connectivity index (χ0) is 29.2. The van der Waals surface area contributed by atoms with Crippen LogP contribution in [0.3, 0.4) is 0 Å². The Kier molecular flexibility index (Phi) is 5.39. The molecule has 8 aromatic rings. The van der Waals surface area contributed by atoms with Gasteiger partial charge in [-0.05, 0) is 89.3 Å². The molecule has 0 aliphatic heterocycles. The number of benzene rings is 6. The molecule has 0 amide bonds.